The molecule has 6 nitrogen and oxygen atoms in total. The van der Waals surface area contributed by atoms with Crippen LogP contribution in [-0.4, -0.2) is 45.7 Å². The van der Waals surface area contributed by atoms with Crippen LogP contribution in [0.3, 0.4) is 0 Å². The standard InChI is InChI=1S/C19H24N4O2/c1-2-17-20-19(22-21-17)16-12-23(8-9-25-16)18(24)11-13-6-7-14-4-3-5-15(14)10-13/h6-7,10,16H,2-5,8-9,11-12H2,1H3,(H,20,21,22). The van der Waals surface area contributed by atoms with Gasteiger partial charge in [-0.1, -0.05) is 25.1 Å². The summed E-state index contributed by atoms with van der Waals surface area (Å²) < 4.78 is 5.77. The lowest BCUT2D eigenvalue weighted by Crippen LogP contribution is -2.43. The molecule has 0 saturated carbocycles. The second-order valence-corrected chi connectivity index (χ2v) is 6.83. The van der Waals surface area contributed by atoms with Gasteiger partial charge in [0.2, 0.25) is 5.91 Å². The molecule has 0 bridgehead atoms. The predicted molar refractivity (Wildman–Crippen MR) is 93.2 cm³/mol. The van der Waals surface area contributed by atoms with Crippen molar-refractivity contribution in [2.24, 2.45) is 0 Å². The molecule has 1 fully saturated rings. The molecule has 2 heterocycles. The number of H-pyrrole nitrogens is 1. The molecule has 0 spiro atoms. The predicted octanol–water partition coefficient (Wildman–Crippen LogP) is 2.00. The van der Waals surface area contributed by atoms with Crippen LogP contribution in [0.1, 0.15) is 47.8 Å². The van der Waals surface area contributed by atoms with Crippen LogP contribution in [0, 0.1) is 0 Å². The number of fused-ring (bicyclic) bond motifs is 1. The number of nitrogens with one attached hydrogen (secondary N) is 1. The summed E-state index contributed by atoms with van der Waals surface area (Å²) in [5.41, 5.74) is 3.97. The number of benzene rings is 1. The Morgan fingerprint density at radius 2 is 2.24 bits per heavy atom. The van der Waals surface area contributed by atoms with Crippen LogP contribution in [0.4, 0.5) is 0 Å². The van der Waals surface area contributed by atoms with Gasteiger partial charge in [0.15, 0.2) is 5.82 Å². The second kappa shape index (κ2) is 6.96. The van der Waals surface area contributed by atoms with Crippen molar-refractivity contribution < 1.29 is 9.53 Å². The van der Waals surface area contributed by atoms with Crippen molar-refractivity contribution in [3.63, 3.8) is 0 Å². The van der Waals surface area contributed by atoms with Crippen LogP contribution in [0.5, 0.6) is 0 Å². The summed E-state index contributed by atoms with van der Waals surface area (Å²) in [6, 6.07) is 6.50. The van der Waals surface area contributed by atoms with Crippen molar-refractivity contribution in [2.45, 2.75) is 45.1 Å². The SMILES string of the molecule is CCc1nc(C2CN(C(=O)Cc3ccc4c(c3)CCC4)CCO2)n[nH]1. The van der Waals surface area contributed by atoms with Gasteiger partial charge in [0.1, 0.15) is 11.9 Å². The van der Waals surface area contributed by atoms with E-state index in [-0.39, 0.29) is 12.0 Å². The van der Waals surface area contributed by atoms with Crippen molar-refractivity contribution in [1.29, 1.82) is 0 Å². The van der Waals surface area contributed by atoms with Gasteiger partial charge in [-0.05, 0) is 36.0 Å². The van der Waals surface area contributed by atoms with E-state index in [0.29, 0.717) is 31.9 Å². The molecule has 25 heavy (non-hydrogen) atoms. The highest BCUT2D eigenvalue weighted by atomic mass is 16.5. The van der Waals surface area contributed by atoms with Gasteiger partial charge in [0, 0.05) is 13.0 Å². The molecule has 1 aromatic carbocycles. The number of morpholine rings is 1. The number of amides is 1. The van der Waals surface area contributed by atoms with E-state index in [2.05, 4.69) is 33.4 Å². The lowest BCUT2D eigenvalue weighted by molar-refractivity contribution is -0.138. The molecule has 132 valence electrons. The van der Waals surface area contributed by atoms with Crippen molar-refractivity contribution in [3.05, 3.63) is 46.5 Å². The molecular formula is C19H24N4O2. The zero-order valence-electron chi connectivity index (χ0n) is 14.6. The minimum atomic E-state index is -0.241. The number of hydrogen-bond acceptors (Lipinski definition) is 4. The number of nitrogens with zero attached hydrogens (tertiary/aromatic N) is 3. The van der Waals surface area contributed by atoms with Crippen LogP contribution >= 0.6 is 0 Å². The minimum absolute atomic E-state index is 0.150. The fraction of sp³-hybridized carbons (Fsp3) is 0.526. The summed E-state index contributed by atoms with van der Waals surface area (Å²) in [6.07, 6.45) is 4.56. The number of aryl methyl sites for hydroxylation is 3. The van der Waals surface area contributed by atoms with Crippen molar-refractivity contribution >= 4 is 5.91 Å². The highest BCUT2D eigenvalue weighted by Gasteiger charge is 2.28. The van der Waals surface area contributed by atoms with Gasteiger partial charge >= 0.3 is 0 Å². The lowest BCUT2D eigenvalue weighted by atomic mass is 10.0. The Hall–Kier alpha value is -2.21. The third-order valence-corrected chi connectivity index (χ3v) is 5.11. The first-order chi connectivity index (χ1) is 12.2. The van der Waals surface area contributed by atoms with Crippen LogP contribution in [-0.2, 0) is 35.2 Å². The minimum Gasteiger partial charge on any atom is -0.366 e. The van der Waals surface area contributed by atoms with E-state index in [4.69, 9.17) is 4.74 Å². The first-order valence-electron chi connectivity index (χ1n) is 9.14. The smallest absolute Gasteiger partial charge is 0.227 e. The molecule has 1 aromatic heterocycles. The first-order valence-corrected chi connectivity index (χ1v) is 9.14. The normalized spacial score (nSPS) is 19.9. The highest BCUT2D eigenvalue weighted by molar-refractivity contribution is 5.79. The van der Waals surface area contributed by atoms with E-state index in [1.807, 2.05) is 11.8 Å². The lowest BCUT2D eigenvalue weighted by Gasteiger charge is -2.31. The summed E-state index contributed by atoms with van der Waals surface area (Å²) in [5, 5.41) is 7.14. The molecule has 4 rings (SSSR count). The van der Waals surface area contributed by atoms with Crippen LogP contribution < -0.4 is 0 Å². The average molecular weight is 340 g/mol. The van der Waals surface area contributed by atoms with Crippen molar-refractivity contribution in [1.82, 2.24) is 20.1 Å². The number of hydrogen-bond donors (Lipinski definition) is 1. The maximum atomic E-state index is 12.7. The Morgan fingerprint density at radius 1 is 1.36 bits per heavy atom. The van der Waals surface area contributed by atoms with Crippen molar-refractivity contribution in [3.8, 4) is 0 Å². The zero-order valence-corrected chi connectivity index (χ0v) is 14.6. The number of carbonyl (C=O) groups is 1. The molecular weight excluding hydrogens is 316 g/mol. The summed E-state index contributed by atoms with van der Waals surface area (Å²) in [7, 11) is 0. The van der Waals surface area contributed by atoms with Gasteiger partial charge in [0.05, 0.1) is 19.6 Å². The molecule has 6 heteroatoms. The molecule has 1 N–H and O–H groups in total. The van der Waals surface area contributed by atoms with E-state index in [9.17, 15) is 4.79 Å². The third-order valence-electron chi connectivity index (χ3n) is 5.11. The van der Waals surface area contributed by atoms with Gasteiger partial charge in [-0.15, -0.1) is 0 Å². The molecule has 0 radical (unpaired) electrons. The number of aromatic nitrogens is 3. The van der Waals surface area contributed by atoms with Gasteiger partial charge in [-0.3, -0.25) is 9.89 Å². The van der Waals surface area contributed by atoms with Gasteiger partial charge in [-0.25, -0.2) is 4.98 Å². The third kappa shape index (κ3) is 3.44. The van der Waals surface area contributed by atoms with E-state index in [0.717, 1.165) is 24.2 Å². The Labute approximate surface area is 147 Å². The zero-order chi connectivity index (χ0) is 17.2. The maximum absolute atomic E-state index is 12.7. The van der Waals surface area contributed by atoms with Crippen LogP contribution in [0.2, 0.25) is 0 Å². The monoisotopic (exact) mass is 340 g/mol. The molecule has 1 atom stereocenters. The van der Waals surface area contributed by atoms with Gasteiger partial charge in [0.25, 0.3) is 0 Å². The topological polar surface area (TPSA) is 71.1 Å². The number of rotatable bonds is 4. The fourth-order valence-corrected chi connectivity index (χ4v) is 3.67. The summed E-state index contributed by atoms with van der Waals surface area (Å²) >= 11 is 0. The van der Waals surface area contributed by atoms with Gasteiger partial charge < -0.3 is 9.64 Å². The molecule has 1 aliphatic heterocycles. The summed E-state index contributed by atoms with van der Waals surface area (Å²) in [4.78, 5) is 19.0. The maximum Gasteiger partial charge on any atom is 0.227 e. The average Bonchev–Trinajstić information content (AvgIpc) is 3.30. The largest absolute Gasteiger partial charge is 0.366 e. The molecule has 2 aromatic rings. The number of aromatic amines is 1. The molecule has 1 saturated heterocycles. The highest BCUT2D eigenvalue weighted by Crippen LogP contribution is 2.24. The van der Waals surface area contributed by atoms with Crippen LogP contribution in [0.25, 0.3) is 0 Å². The summed E-state index contributed by atoms with van der Waals surface area (Å²) in [5.74, 6) is 1.64. The molecule has 2 aliphatic rings. The van der Waals surface area contributed by atoms with E-state index < -0.39 is 0 Å². The first kappa shape index (κ1) is 16.3. The molecule has 1 aliphatic carbocycles. The Kier molecular flexibility index (Phi) is 4.53. The second-order valence-electron chi connectivity index (χ2n) is 6.83. The Balaban J connectivity index is 1.41. The summed E-state index contributed by atoms with van der Waals surface area (Å²) in [6.45, 7) is 3.70. The van der Waals surface area contributed by atoms with E-state index in [1.165, 1.54) is 24.0 Å². The molecule has 1 unspecified atom stereocenters. The Bertz CT molecular complexity index is 771. The number of ether oxygens (including phenoxy) is 1. The van der Waals surface area contributed by atoms with Crippen LogP contribution in [0.15, 0.2) is 18.2 Å². The number of carbonyl (C=O) groups excluding carboxylic acids is 1. The fourth-order valence-electron chi connectivity index (χ4n) is 3.67. The van der Waals surface area contributed by atoms with E-state index in [1.54, 1.807) is 0 Å². The Morgan fingerprint density at radius 3 is 3.08 bits per heavy atom. The molecule has 1 amide bonds. The van der Waals surface area contributed by atoms with Gasteiger partial charge in [-0.2, -0.15) is 5.10 Å². The quantitative estimate of drug-likeness (QED) is 0.924. The van der Waals surface area contributed by atoms with Crippen molar-refractivity contribution in [2.75, 3.05) is 19.7 Å². The van der Waals surface area contributed by atoms with E-state index >= 15 is 0 Å².